The van der Waals surface area contributed by atoms with Crippen LogP contribution >= 0.6 is 0 Å². The van der Waals surface area contributed by atoms with E-state index >= 15 is 0 Å². The fraction of sp³-hybridized carbons (Fsp3) is 0.0435. The summed E-state index contributed by atoms with van der Waals surface area (Å²) in [4.78, 5) is 30.0. The first-order chi connectivity index (χ1) is 15.0. The van der Waals surface area contributed by atoms with Gasteiger partial charge >= 0.3 is 0 Å². The standard InChI is InChI=1S/C23H16FN5O2/c1-14-4-2-3-5-17(14)22(30)27-28-11-10-20-19(23(28)31)12-25-21-18(13-26-29(20)21)15-6-8-16(24)9-7-15/h2-13H,1H3,(H,27,30). The molecule has 0 saturated carbocycles. The molecule has 7 nitrogen and oxygen atoms in total. The number of fused-ring (bicyclic) bond motifs is 3. The fourth-order valence-electron chi connectivity index (χ4n) is 3.53. The Morgan fingerprint density at radius 3 is 2.58 bits per heavy atom. The maximum atomic E-state index is 13.3. The van der Waals surface area contributed by atoms with Crippen molar-refractivity contribution < 1.29 is 9.18 Å². The van der Waals surface area contributed by atoms with Crippen LogP contribution in [0.25, 0.3) is 27.7 Å². The van der Waals surface area contributed by atoms with Gasteiger partial charge in [0, 0.05) is 23.5 Å². The highest BCUT2D eigenvalue weighted by Crippen LogP contribution is 2.25. The molecule has 0 spiro atoms. The van der Waals surface area contributed by atoms with Gasteiger partial charge in [0.25, 0.3) is 11.5 Å². The number of halogens is 1. The van der Waals surface area contributed by atoms with Crippen LogP contribution in [0.3, 0.4) is 0 Å². The highest BCUT2D eigenvalue weighted by Gasteiger charge is 2.15. The molecule has 0 bridgehead atoms. The van der Waals surface area contributed by atoms with Gasteiger partial charge in [-0.05, 0) is 42.3 Å². The van der Waals surface area contributed by atoms with Crippen molar-refractivity contribution in [1.82, 2.24) is 19.3 Å². The molecule has 3 heterocycles. The molecular weight excluding hydrogens is 397 g/mol. The van der Waals surface area contributed by atoms with Crippen LogP contribution < -0.4 is 11.0 Å². The minimum absolute atomic E-state index is 0.300. The molecule has 5 aromatic rings. The first-order valence-corrected chi connectivity index (χ1v) is 9.54. The second-order valence-corrected chi connectivity index (χ2v) is 7.10. The van der Waals surface area contributed by atoms with Gasteiger partial charge in [0.15, 0.2) is 5.65 Å². The Morgan fingerprint density at radius 1 is 1.03 bits per heavy atom. The number of nitrogens with zero attached hydrogens (tertiary/aromatic N) is 4. The molecule has 3 aromatic heterocycles. The quantitative estimate of drug-likeness (QED) is 0.491. The Balaban J connectivity index is 1.57. The highest BCUT2D eigenvalue weighted by molar-refractivity contribution is 6.01. The van der Waals surface area contributed by atoms with Gasteiger partial charge in [0.1, 0.15) is 5.82 Å². The van der Waals surface area contributed by atoms with E-state index in [1.807, 2.05) is 19.1 Å². The van der Waals surface area contributed by atoms with Crippen LogP contribution in [0.2, 0.25) is 0 Å². The number of pyridine rings is 1. The van der Waals surface area contributed by atoms with E-state index in [4.69, 9.17) is 0 Å². The zero-order valence-electron chi connectivity index (χ0n) is 16.4. The monoisotopic (exact) mass is 413 g/mol. The number of hydrogen-bond donors (Lipinski definition) is 1. The summed E-state index contributed by atoms with van der Waals surface area (Å²) in [6.45, 7) is 1.83. The van der Waals surface area contributed by atoms with Gasteiger partial charge in [-0.15, -0.1) is 0 Å². The van der Waals surface area contributed by atoms with Crippen LogP contribution in [0.4, 0.5) is 4.39 Å². The van der Waals surface area contributed by atoms with E-state index in [0.29, 0.717) is 22.1 Å². The van der Waals surface area contributed by atoms with Crippen LogP contribution in [0.1, 0.15) is 15.9 Å². The summed E-state index contributed by atoms with van der Waals surface area (Å²) < 4.78 is 15.9. The Hall–Kier alpha value is -4.33. The predicted octanol–water partition coefficient (Wildman–Crippen LogP) is 3.54. The molecule has 0 fully saturated rings. The number of aryl methyl sites for hydroxylation is 1. The van der Waals surface area contributed by atoms with Crippen LogP contribution in [0.5, 0.6) is 0 Å². The van der Waals surface area contributed by atoms with Crippen LogP contribution in [0.15, 0.2) is 78.0 Å². The lowest BCUT2D eigenvalue weighted by Gasteiger charge is -2.11. The summed E-state index contributed by atoms with van der Waals surface area (Å²) >= 11 is 0. The predicted molar refractivity (Wildman–Crippen MR) is 115 cm³/mol. The lowest BCUT2D eigenvalue weighted by Crippen LogP contribution is -2.33. The molecule has 31 heavy (non-hydrogen) atoms. The van der Waals surface area contributed by atoms with Crippen molar-refractivity contribution >= 4 is 22.5 Å². The molecule has 0 unspecified atom stereocenters. The number of carbonyl (C=O) groups excluding carboxylic acids is 1. The SMILES string of the molecule is Cc1ccccc1C(=O)Nn1ccc2c(cnc3c(-c4ccc(F)cc4)cnn32)c1=O. The molecule has 0 atom stereocenters. The number of hydrogen-bond acceptors (Lipinski definition) is 4. The van der Waals surface area contributed by atoms with Crippen LogP contribution in [0, 0.1) is 12.7 Å². The first kappa shape index (κ1) is 18.7. The van der Waals surface area contributed by atoms with E-state index in [2.05, 4.69) is 15.5 Å². The smallest absolute Gasteiger partial charge is 0.267 e. The van der Waals surface area contributed by atoms with Crippen molar-refractivity contribution in [2.24, 2.45) is 0 Å². The van der Waals surface area contributed by atoms with E-state index in [-0.39, 0.29) is 11.7 Å². The Morgan fingerprint density at radius 2 is 1.81 bits per heavy atom. The highest BCUT2D eigenvalue weighted by atomic mass is 19.1. The van der Waals surface area contributed by atoms with Gasteiger partial charge in [-0.2, -0.15) is 5.10 Å². The fourth-order valence-corrected chi connectivity index (χ4v) is 3.53. The van der Waals surface area contributed by atoms with Gasteiger partial charge in [-0.25, -0.2) is 18.6 Å². The molecule has 0 aliphatic rings. The molecule has 152 valence electrons. The van der Waals surface area contributed by atoms with Crippen LogP contribution in [-0.2, 0) is 0 Å². The molecule has 8 heteroatoms. The third-order valence-corrected chi connectivity index (χ3v) is 5.16. The molecule has 1 amide bonds. The maximum absolute atomic E-state index is 13.3. The van der Waals surface area contributed by atoms with E-state index in [9.17, 15) is 14.0 Å². The van der Waals surface area contributed by atoms with Gasteiger partial charge in [0.2, 0.25) is 0 Å². The maximum Gasteiger partial charge on any atom is 0.280 e. The van der Waals surface area contributed by atoms with E-state index in [0.717, 1.165) is 21.4 Å². The molecule has 2 aromatic carbocycles. The van der Waals surface area contributed by atoms with Crippen molar-refractivity contribution in [3.63, 3.8) is 0 Å². The number of aromatic nitrogens is 4. The summed E-state index contributed by atoms with van der Waals surface area (Å²) in [5, 5.41) is 4.66. The third-order valence-electron chi connectivity index (χ3n) is 5.16. The van der Waals surface area contributed by atoms with Crippen molar-refractivity contribution in [1.29, 1.82) is 0 Å². The molecule has 0 aliphatic heterocycles. The number of benzene rings is 2. The van der Waals surface area contributed by atoms with Crippen LogP contribution in [-0.4, -0.2) is 25.2 Å². The second-order valence-electron chi connectivity index (χ2n) is 7.10. The second kappa shape index (κ2) is 7.17. The Bertz CT molecular complexity index is 1520. The van der Waals surface area contributed by atoms with Crippen molar-refractivity contribution in [2.75, 3.05) is 5.43 Å². The number of carbonyl (C=O) groups is 1. The van der Waals surface area contributed by atoms with Crippen molar-refractivity contribution in [3.8, 4) is 11.1 Å². The van der Waals surface area contributed by atoms with E-state index in [1.165, 1.54) is 24.5 Å². The average Bonchev–Trinajstić information content (AvgIpc) is 3.21. The minimum atomic E-state index is -0.423. The van der Waals surface area contributed by atoms with E-state index in [1.54, 1.807) is 41.0 Å². The first-order valence-electron chi connectivity index (χ1n) is 9.54. The summed E-state index contributed by atoms with van der Waals surface area (Å²) in [6, 6.07) is 14.9. The molecular formula is C23H16FN5O2. The zero-order valence-corrected chi connectivity index (χ0v) is 16.4. The van der Waals surface area contributed by atoms with Gasteiger partial charge < -0.3 is 0 Å². The summed E-state index contributed by atoms with van der Waals surface area (Å²) in [5.41, 5.74) is 6.06. The largest absolute Gasteiger partial charge is 0.280 e. The summed E-state index contributed by atoms with van der Waals surface area (Å²) in [6.07, 6.45) is 4.57. The number of nitrogens with one attached hydrogen (secondary N) is 1. The van der Waals surface area contributed by atoms with Crippen molar-refractivity contribution in [3.05, 3.63) is 100 Å². The van der Waals surface area contributed by atoms with Crippen molar-refractivity contribution in [2.45, 2.75) is 6.92 Å². The Labute approximate surface area is 175 Å². The summed E-state index contributed by atoms with van der Waals surface area (Å²) in [7, 11) is 0. The Kier molecular flexibility index (Phi) is 4.32. The topological polar surface area (TPSA) is 81.3 Å². The molecule has 1 N–H and O–H groups in total. The van der Waals surface area contributed by atoms with Gasteiger partial charge in [0.05, 0.1) is 17.1 Å². The molecule has 0 saturated heterocycles. The van der Waals surface area contributed by atoms with E-state index < -0.39 is 5.56 Å². The third kappa shape index (κ3) is 3.14. The average molecular weight is 413 g/mol. The van der Waals surface area contributed by atoms with Gasteiger partial charge in [-0.1, -0.05) is 30.3 Å². The lowest BCUT2D eigenvalue weighted by molar-refractivity contribution is 0.101. The minimum Gasteiger partial charge on any atom is -0.267 e. The zero-order chi connectivity index (χ0) is 21.5. The normalized spacial score (nSPS) is 11.2. The molecule has 0 radical (unpaired) electrons. The number of amides is 1. The molecule has 0 aliphatic carbocycles. The molecule has 5 rings (SSSR count). The lowest BCUT2D eigenvalue weighted by atomic mass is 10.1. The number of rotatable bonds is 3. The summed E-state index contributed by atoms with van der Waals surface area (Å²) in [5.74, 6) is -0.710. The van der Waals surface area contributed by atoms with Gasteiger partial charge in [-0.3, -0.25) is 15.0 Å².